The monoisotopic (exact) mass is 1770 g/mol. The van der Waals surface area contributed by atoms with Crippen LogP contribution in [0.15, 0.2) is 307 Å². The van der Waals surface area contributed by atoms with Crippen LogP contribution in [-0.4, -0.2) is 46.7 Å². The zero-order chi connectivity index (χ0) is 88.0. The quantitative estimate of drug-likeness (QED) is 0.0213. The van der Waals surface area contributed by atoms with Gasteiger partial charge in [-0.15, -0.1) is 0 Å². The Morgan fingerprint density at radius 3 is 0.636 bits per heavy atom. The predicted octanol–water partition coefficient (Wildman–Crippen LogP) is 32.7. The van der Waals surface area contributed by atoms with Crippen LogP contribution in [0.4, 0.5) is 0 Å². The average molecular weight is 1770 g/mol. The zero-order valence-corrected chi connectivity index (χ0v) is 78.1. The largest absolute Gasteiger partial charge is 0.457 e. The summed E-state index contributed by atoms with van der Waals surface area (Å²) in [6.07, 6.45) is 82.5. The van der Waals surface area contributed by atoms with Crippen LogP contribution in [0.25, 0.3) is 0 Å². The summed E-state index contributed by atoms with van der Waals surface area (Å²) in [5, 5.41) is 0. The van der Waals surface area contributed by atoms with E-state index in [0.717, 1.165) is 128 Å². The summed E-state index contributed by atoms with van der Waals surface area (Å²) in [6.45, 7) is 8.90. The number of nitrogens with zero attached hydrogens (tertiary/aromatic N) is 8. The zero-order valence-electron chi connectivity index (χ0n) is 77.2. The first kappa shape index (κ1) is 96.8. The summed E-state index contributed by atoms with van der Waals surface area (Å²) < 4.78 is 28.5. The maximum Gasteiger partial charge on any atom is 0.168 e. The van der Waals surface area contributed by atoms with Crippen LogP contribution in [-0.2, 0) is 42.8 Å². The molecule has 8 aromatic rings. The molecule has 1 radical (unpaired) electrons. The number of allylic oxidation sites excluding steroid dienone is 16. The third kappa shape index (κ3) is 30.4. The van der Waals surface area contributed by atoms with Crippen molar-refractivity contribution in [1.29, 1.82) is 0 Å². The van der Waals surface area contributed by atoms with Gasteiger partial charge in [-0.2, -0.15) is 0 Å². The molecule has 0 saturated carbocycles. The summed E-state index contributed by atoms with van der Waals surface area (Å²) in [7, 11) is 0. The van der Waals surface area contributed by atoms with Gasteiger partial charge < -0.3 is 18.9 Å². The van der Waals surface area contributed by atoms with E-state index in [4.69, 9.17) is 58.9 Å². The number of hydrogen-bond donors (Lipinski definition) is 0. The summed E-state index contributed by atoms with van der Waals surface area (Å²) in [5.41, 5.74) is 10.4. The Labute approximate surface area is 781 Å². The van der Waals surface area contributed by atoms with Crippen LogP contribution < -0.4 is 18.9 Å². The van der Waals surface area contributed by atoms with Gasteiger partial charge in [0.15, 0.2) is 46.7 Å². The Bertz CT molecular complexity index is 5130. The number of rotatable bonds is 56. The molecule has 5 heterocycles. The standard InChI is InChI=1S/C116H136N8O4.Cu/c1-5-9-13-17-21-25-29-33-37-41-45-49-53-65-89-69-57-73-93(85-89)125-101-81-61-77-97-105(101)113-119-109(97)117-110-99-79-63-83-103(127-95-75-59-71-91(87-95)67-55-51-47-43-39-35-31-27-23-19-15-11-7-3)107(99)115(121-110)124-116-108-100(80-64-84-104(108)128-96-76-60-72-92(88-96)68-56-52-48-44-40-36-32-28-24-20-16-12-8-4)112(122-116)118-111-98-78-62-82-102(106(98)114(120-111)123-113)126-94-74-58-70-90(86-94)66-54-50-46-42-38-34-30-26-22-18-14-10-6-2;/h13-20,25-32,57-64,69-88H,5-12,21-24,33-56,65-68H2,1-4H3;/b17-13+,18-14+,19-15+,20-16+,29-25+,30-26+,31-27+,32-28+,117-109?,117-110?,118-111?,118-112?,123-113?,123-114?,124-115?,124-116?;. The number of aryl methyl sites for hydroxylation is 4. The number of aliphatic imine (C=N–C) groups is 8. The molecule has 0 spiro atoms. The first-order valence-corrected chi connectivity index (χ1v) is 48.9. The molecule has 12 nitrogen and oxygen atoms in total. The third-order valence-electron chi connectivity index (χ3n) is 23.8. The van der Waals surface area contributed by atoms with Gasteiger partial charge in [0, 0.05) is 39.3 Å². The fourth-order valence-corrected chi connectivity index (χ4v) is 16.8. The van der Waals surface area contributed by atoms with E-state index in [9.17, 15) is 0 Å². The van der Waals surface area contributed by atoms with Crippen LogP contribution in [0.5, 0.6) is 46.0 Å². The Hall–Kier alpha value is -11.2. The molecule has 129 heavy (non-hydrogen) atoms. The molecule has 0 aliphatic carbocycles. The molecule has 0 N–H and O–H groups in total. The maximum absolute atomic E-state index is 7.12. The van der Waals surface area contributed by atoms with Crippen molar-refractivity contribution < 1.29 is 36.0 Å². The molecule has 8 aromatic carbocycles. The van der Waals surface area contributed by atoms with Gasteiger partial charge in [0.2, 0.25) is 0 Å². The minimum Gasteiger partial charge on any atom is -0.457 e. The van der Waals surface area contributed by atoms with Gasteiger partial charge in [0.05, 0.1) is 22.3 Å². The number of hydrogen-bond acceptors (Lipinski definition) is 12. The van der Waals surface area contributed by atoms with E-state index < -0.39 is 0 Å². The van der Waals surface area contributed by atoms with Crippen molar-refractivity contribution in [3.8, 4) is 46.0 Å². The number of unbranched alkanes of at least 4 members (excludes halogenated alkanes) is 24. The average Bonchev–Trinajstić information content (AvgIpc) is 1.58. The molecule has 13 heteroatoms. The third-order valence-corrected chi connectivity index (χ3v) is 23.8. The molecular weight excluding hydrogens is 1630 g/mol. The van der Waals surface area contributed by atoms with Crippen molar-refractivity contribution in [2.75, 3.05) is 0 Å². The van der Waals surface area contributed by atoms with Crippen LogP contribution in [0.2, 0.25) is 0 Å². The molecule has 0 atom stereocenters. The minimum atomic E-state index is 0. The van der Waals surface area contributed by atoms with Crippen molar-refractivity contribution in [3.63, 3.8) is 0 Å². The van der Waals surface area contributed by atoms with E-state index in [-0.39, 0.29) is 17.1 Å². The van der Waals surface area contributed by atoms with E-state index in [0.29, 0.717) is 137 Å². The maximum atomic E-state index is 7.12. The molecule has 0 unspecified atom stereocenters. The molecule has 675 valence electrons. The molecule has 0 aromatic heterocycles. The fraction of sp³-hybridized carbons (Fsp3) is 0.379. The number of ether oxygens (including phenoxy) is 4. The van der Waals surface area contributed by atoms with Crippen LogP contribution in [0, 0.1) is 0 Å². The van der Waals surface area contributed by atoms with Gasteiger partial charge in [-0.3, -0.25) is 0 Å². The van der Waals surface area contributed by atoms with E-state index in [2.05, 4.69) is 198 Å². The fourth-order valence-electron chi connectivity index (χ4n) is 16.8. The Kier molecular flexibility index (Phi) is 41.2. The molecule has 13 rings (SSSR count). The van der Waals surface area contributed by atoms with Crippen molar-refractivity contribution in [2.45, 2.75) is 285 Å². The van der Waals surface area contributed by atoms with Crippen molar-refractivity contribution in [2.24, 2.45) is 39.9 Å². The summed E-state index contributed by atoms with van der Waals surface area (Å²) in [6, 6.07) is 58.1. The number of amidine groups is 8. The molecule has 0 saturated heterocycles. The summed E-state index contributed by atoms with van der Waals surface area (Å²) in [5.74, 6) is 8.13. The molecule has 5 aliphatic heterocycles. The smallest absolute Gasteiger partial charge is 0.168 e. The van der Waals surface area contributed by atoms with E-state index >= 15 is 0 Å². The van der Waals surface area contributed by atoms with Gasteiger partial charge >= 0.3 is 0 Å². The van der Waals surface area contributed by atoms with Gasteiger partial charge in [-0.1, -0.05) is 325 Å². The predicted molar refractivity (Wildman–Crippen MR) is 541 cm³/mol. The molecular formula is C116H136CuN8O4. The van der Waals surface area contributed by atoms with Gasteiger partial charge in [-0.05, 0) is 249 Å². The Morgan fingerprint density at radius 2 is 0.395 bits per heavy atom. The number of benzene rings is 8. The van der Waals surface area contributed by atoms with Crippen LogP contribution in [0.1, 0.15) is 326 Å². The minimum absolute atomic E-state index is 0. The van der Waals surface area contributed by atoms with Crippen LogP contribution in [0.3, 0.4) is 0 Å². The number of fused-ring (bicyclic) bond motifs is 16. The first-order valence-electron chi connectivity index (χ1n) is 48.9. The Balaban J connectivity index is 0.0000151. The van der Waals surface area contributed by atoms with Gasteiger partial charge in [0.1, 0.15) is 46.0 Å². The van der Waals surface area contributed by atoms with E-state index in [1.165, 1.54) is 151 Å². The topological polar surface area (TPSA) is 136 Å². The summed E-state index contributed by atoms with van der Waals surface area (Å²) in [4.78, 5) is 44.2. The molecule has 0 amide bonds. The molecule has 5 aliphatic rings. The van der Waals surface area contributed by atoms with E-state index in [1.54, 1.807) is 0 Å². The van der Waals surface area contributed by atoms with Crippen molar-refractivity contribution >= 4 is 46.7 Å². The van der Waals surface area contributed by atoms with Crippen molar-refractivity contribution in [1.82, 2.24) is 0 Å². The van der Waals surface area contributed by atoms with Gasteiger partial charge in [0.25, 0.3) is 0 Å². The first-order chi connectivity index (χ1) is 63.4. The second-order valence-electron chi connectivity index (χ2n) is 34.3. The Morgan fingerprint density at radius 1 is 0.202 bits per heavy atom. The summed E-state index contributed by atoms with van der Waals surface area (Å²) >= 11 is 0. The van der Waals surface area contributed by atoms with E-state index in [1.807, 2.05) is 97.1 Å². The van der Waals surface area contributed by atoms with Crippen molar-refractivity contribution in [3.05, 3.63) is 334 Å². The van der Waals surface area contributed by atoms with Gasteiger partial charge in [-0.25, -0.2) is 39.9 Å². The molecule has 0 fully saturated rings. The molecule has 8 bridgehead atoms. The second kappa shape index (κ2) is 54.9. The SMILES string of the molecule is CCC/C=C/C/C=C/CCCCCCCc1cccc(Oc2cccc3c2C2=NC3=NC3=NC(=NC4=NC(=NC5=NC(=N2)c2c(Oc6cccc(CCCCCCC/C=C/C/C=C/CCC)c6)cccc25)c2cccc(Oc5cccc(CCCCCCC/C=C/C/C=C/CCC)c5)c24)c2c(Oc4cccc(CCCCCCC/C=C/C/C=C/CCC)c4)cccc23)c1.[Cu]. The normalized spacial score (nSPS) is 13.8. The van der Waals surface area contributed by atoms with Crippen LogP contribution >= 0.6 is 0 Å². The second-order valence-corrected chi connectivity index (χ2v) is 34.3.